The highest BCUT2D eigenvalue weighted by atomic mass is 16.2. The molecule has 1 amide bonds. The molecule has 1 heterocycles. The van der Waals surface area contributed by atoms with Crippen LogP contribution in [-0.2, 0) is 4.79 Å². The van der Waals surface area contributed by atoms with E-state index in [1.165, 1.54) is 19.3 Å². The van der Waals surface area contributed by atoms with Crippen LogP contribution in [0.25, 0.3) is 0 Å². The van der Waals surface area contributed by atoms with Crippen molar-refractivity contribution in [1.82, 2.24) is 15.5 Å². The van der Waals surface area contributed by atoms with Crippen molar-refractivity contribution in [1.29, 1.82) is 0 Å². The molecule has 22 heavy (non-hydrogen) atoms. The number of carbonyl (C=O) groups is 1. The van der Waals surface area contributed by atoms with Crippen molar-refractivity contribution >= 4 is 5.91 Å². The molecule has 0 aromatic carbocycles. The highest BCUT2D eigenvalue weighted by Crippen LogP contribution is 2.35. The molecule has 1 spiro atoms. The summed E-state index contributed by atoms with van der Waals surface area (Å²) >= 11 is 0. The standard InChI is InChI=1S/C18H35N3O/c1-6-12-21-14-17(5,13-19-16(2,3)4)20-18(15(21)22)10-8-7-9-11-18/h19-20H,6-14H2,1-5H3. The normalized spacial score (nSPS) is 29.1. The molecule has 0 bridgehead atoms. The fraction of sp³-hybridized carbons (Fsp3) is 0.944. The number of piperazine rings is 1. The highest BCUT2D eigenvalue weighted by Gasteiger charge is 2.50. The van der Waals surface area contributed by atoms with Gasteiger partial charge in [0.15, 0.2) is 0 Å². The van der Waals surface area contributed by atoms with E-state index in [4.69, 9.17) is 0 Å². The van der Waals surface area contributed by atoms with Crippen molar-refractivity contribution in [2.24, 2.45) is 0 Å². The number of amides is 1. The van der Waals surface area contributed by atoms with Crippen molar-refractivity contribution in [2.45, 2.75) is 89.8 Å². The number of nitrogens with zero attached hydrogens (tertiary/aromatic N) is 1. The van der Waals surface area contributed by atoms with E-state index in [0.717, 1.165) is 38.9 Å². The molecule has 1 saturated heterocycles. The third kappa shape index (κ3) is 4.02. The number of nitrogens with one attached hydrogen (secondary N) is 2. The van der Waals surface area contributed by atoms with Gasteiger partial charge in [0.2, 0.25) is 5.91 Å². The van der Waals surface area contributed by atoms with Crippen molar-refractivity contribution < 1.29 is 4.79 Å². The molecule has 1 aliphatic carbocycles. The minimum absolute atomic E-state index is 0.0479. The molecule has 1 unspecified atom stereocenters. The van der Waals surface area contributed by atoms with Crippen LogP contribution in [0.4, 0.5) is 0 Å². The number of carbonyl (C=O) groups excluding carboxylic acids is 1. The van der Waals surface area contributed by atoms with Gasteiger partial charge in [-0.3, -0.25) is 10.1 Å². The zero-order valence-corrected chi connectivity index (χ0v) is 15.2. The molecule has 1 aliphatic heterocycles. The largest absolute Gasteiger partial charge is 0.339 e. The fourth-order valence-electron chi connectivity index (χ4n) is 3.97. The summed E-state index contributed by atoms with van der Waals surface area (Å²) in [6.45, 7) is 13.6. The second-order valence-corrected chi connectivity index (χ2v) is 8.66. The Morgan fingerprint density at radius 2 is 1.86 bits per heavy atom. The summed E-state index contributed by atoms with van der Waals surface area (Å²) in [6, 6.07) is 0. The zero-order chi connectivity index (χ0) is 16.4. The molecule has 2 fully saturated rings. The Labute approximate surface area is 136 Å². The second kappa shape index (κ2) is 6.48. The van der Waals surface area contributed by atoms with E-state index in [1.807, 2.05) is 0 Å². The first kappa shape index (κ1) is 17.7. The van der Waals surface area contributed by atoms with Crippen molar-refractivity contribution in [3.63, 3.8) is 0 Å². The molecule has 1 atom stereocenters. The summed E-state index contributed by atoms with van der Waals surface area (Å²) in [5.41, 5.74) is -0.255. The Hall–Kier alpha value is -0.610. The molecule has 2 aliphatic rings. The van der Waals surface area contributed by atoms with Crippen LogP contribution in [0.2, 0.25) is 0 Å². The lowest BCUT2D eigenvalue weighted by Gasteiger charge is -2.53. The molecule has 0 aromatic heterocycles. The average Bonchev–Trinajstić information content (AvgIpc) is 2.43. The summed E-state index contributed by atoms with van der Waals surface area (Å²) in [5.74, 6) is 0.349. The molecule has 128 valence electrons. The molecule has 2 rings (SSSR count). The quantitative estimate of drug-likeness (QED) is 0.839. The van der Waals surface area contributed by atoms with E-state index in [9.17, 15) is 4.79 Å². The number of hydrogen-bond acceptors (Lipinski definition) is 3. The molecular weight excluding hydrogens is 274 g/mol. The maximum Gasteiger partial charge on any atom is 0.242 e. The third-order valence-electron chi connectivity index (χ3n) is 4.99. The molecule has 4 nitrogen and oxygen atoms in total. The summed E-state index contributed by atoms with van der Waals surface area (Å²) in [4.78, 5) is 15.1. The van der Waals surface area contributed by atoms with E-state index in [0.29, 0.717) is 5.91 Å². The lowest BCUT2D eigenvalue weighted by molar-refractivity contribution is -0.147. The zero-order valence-electron chi connectivity index (χ0n) is 15.2. The van der Waals surface area contributed by atoms with E-state index >= 15 is 0 Å². The predicted molar refractivity (Wildman–Crippen MR) is 92.0 cm³/mol. The van der Waals surface area contributed by atoms with Crippen LogP contribution in [-0.4, -0.2) is 47.1 Å². The Morgan fingerprint density at radius 1 is 1.23 bits per heavy atom. The van der Waals surface area contributed by atoms with Gasteiger partial charge in [0.05, 0.1) is 5.54 Å². The minimum atomic E-state index is -0.306. The Bertz CT molecular complexity index is 396. The van der Waals surface area contributed by atoms with Crippen molar-refractivity contribution in [3.05, 3.63) is 0 Å². The van der Waals surface area contributed by atoms with Gasteiger partial charge in [-0.15, -0.1) is 0 Å². The van der Waals surface area contributed by atoms with Gasteiger partial charge in [-0.1, -0.05) is 26.2 Å². The van der Waals surface area contributed by atoms with Crippen LogP contribution in [0.15, 0.2) is 0 Å². The van der Waals surface area contributed by atoms with E-state index in [2.05, 4.69) is 50.2 Å². The summed E-state index contributed by atoms with van der Waals surface area (Å²) in [7, 11) is 0. The number of hydrogen-bond donors (Lipinski definition) is 2. The third-order valence-corrected chi connectivity index (χ3v) is 4.99. The van der Waals surface area contributed by atoms with Gasteiger partial charge >= 0.3 is 0 Å². The maximum absolute atomic E-state index is 13.0. The first-order valence-electron chi connectivity index (χ1n) is 9.04. The fourth-order valence-corrected chi connectivity index (χ4v) is 3.97. The Kier molecular flexibility index (Phi) is 5.23. The van der Waals surface area contributed by atoms with Crippen LogP contribution >= 0.6 is 0 Å². The van der Waals surface area contributed by atoms with Crippen LogP contribution in [0.5, 0.6) is 0 Å². The van der Waals surface area contributed by atoms with Crippen molar-refractivity contribution in [2.75, 3.05) is 19.6 Å². The van der Waals surface area contributed by atoms with Crippen LogP contribution in [0.3, 0.4) is 0 Å². The summed E-state index contributed by atoms with van der Waals surface area (Å²) in [6.07, 6.45) is 6.63. The molecular formula is C18H35N3O. The van der Waals surface area contributed by atoms with E-state index in [1.54, 1.807) is 0 Å². The average molecular weight is 309 g/mol. The van der Waals surface area contributed by atoms with Crippen molar-refractivity contribution in [3.8, 4) is 0 Å². The topological polar surface area (TPSA) is 44.4 Å². The SMILES string of the molecule is CCCN1CC(C)(CNC(C)(C)C)NC2(CCCCC2)C1=O. The van der Waals surface area contributed by atoms with Crippen LogP contribution < -0.4 is 10.6 Å². The lowest BCUT2D eigenvalue weighted by atomic mass is 9.76. The van der Waals surface area contributed by atoms with E-state index in [-0.39, 0.29) is 16.6 Å². The van der Waals surface area contributed by atoms with Gasteiger partial charge in [-0.2, -0.15) is 0 Å². The first-order chi connectivity index (χ1) is 10.2. The molecule has 0 aromatic rings. The van der Waals surface area contributed by atoms with Gasteiger partial charge in [0, 0.05) is 30.7 Å². The molecule has 2 N–H and O–H groups in total. The maximum atomic E-state index is 13.0. The van der Waals surface area contributed by atoms with Gasteiger partial charge in [-0.05, 0) is 47.0 Å². The van der Waals surface area contributed by atoms with Crippen LogP contribution in [0.1, 0.15) is 73.1 Å². The van der Waals surface area contributed by atoms with Gasteiger partial charge in [0.25, 0.3) is 0 Å². The first-order valence-corrected chi connectivity index (χ1v) is 9.04. The van der Waals surface area contributed by atoms with Crippen LogP contribution in [0, 0.1) is 0 Å². The lowest BCUT2D eigenvalue weighted by Crippen LogP contribution is -2.75. The van der Waals surface area contributed by atoms with Gasteiger partial charge in [0.1, 0.15) is 0 Å². The number of rotatable bonds is 4. The summed E-state index contributed by atoms with van der Waals surface area (Å²) in [5, 5.41) is 7.43. The van der Waals surface area contributed by atoms with E-state index < -0.39 is 0 Å². The molecule has 4 heteroatoms. The van der Waals surface area contributed by atoms with Gasteiger partial charge in [-0.25, -0.2) is 0 Å². The smallest absolute Gasteiger partial charge is 0.242 e. The highest BCUT2D eigenvalue weighted by molar-refractivity contribution is 5.87. The Morgan fingerprint density at radius 3 is 2.41 bits per heavy atom. The Balaban J connectivity index is 2.18. The minimum Gasteiger partial charge on any atom is -0.339 e. The monoisotopic (exact) mass is 309 g/mol. The van der Waals surface area contributed by atoms with Gasteiger partial charge < -0.3 is 10.2 Å². The molecule has 1 saturated carbocycles. The molecule has 0 radical (unpaired) electrons. The summed E-state index contributed by atoms with van der Waals surface area (Å²) < 4.78 is 0. The second-order valence-electron chi connectivity index (χ2n) is 8.66. The predicted octanol–water partition coefficient (Wildman–Crippen LogP) is 2.68.